The first-order valence-electron chi connectivity index (χ1n) is 6.23. The van der Waals surface area contributed by atoms with E-state index in [1.165, 1.54) is 10.8 Å². The molecule has 2 heterocycles. The van der Waals surface area contributed by atoms with Crippen LogP contribution < -0.4 is 11.2 Å². The third-order valence-electron chi connectivity index (χ3n) is 3.31. The van der Waals surface area contributed by atoms with Gasteiger partial charge < -0.3 is 14.9 Å². The van der Waals surface area contributed by atoms with Crippen LogP contribution in [0.1, 0.15) is 39.4 Å². The van der Waals surface area contributed by atoms with Gasteiger partial charge in [0.25, 0.3) is 5.56 Å². The van der Waals surface area contributed by atoms with Crippen LogP contribution in [-0.2, 0) is 4.74 Å². The summed E-state index contributed by atoms with van der Waals surface area (Å²) in [6.45, 7) is 3.38. The molecule has 0 amide bonds. The van der Waals surface area contributed by atoms with Crippen LogP contribution in [0.3, 0.4) is 0 Å². The van der Waals surface area contributed by atoms with E-state index in [1.807, 2.05) is 13.8 Å². The molecule has 1 aliphatic heterocycles. The second-order valence-corrected chi connectivity index (χ2v) is 5.02. The van der Waals surface area contributed by atoms with E-state index in [0.29, 0.717) is 5.56 Å². The molecule has 3 atom stereocenters. The average Bonchev–Trinajstić information content (AvgIpc) is 2.69. The number of hydrogen-bond donors (Lipinski definition) is 3. The number of aliphatic hydroxyl groups excluding tert-OH is 2. The van der Waals surface area contributed by atoms with Crippen LogP contribution >= 0.6 is 0 Å². The topological polar surface area (TPSA) is 105 Å². The van der Waals surface area contributed by atoms with E-state index < -0.39 is 29.7 Å². The Morgan fingerprint density at radius 1 is 1.58 bits per heavy atom. The van der Waals surface area contributed by atoms with Gasteiger partial charge in [-0.2, -0.15) is 0 Å². The molecule has 0 aromatic carbocycles. The molecule has 1 aromatic heterocycles. The van der Waals surface area contributed by atoms with E-state index in [9.17, 15) is 14.7 Å². The third kappa shape index (κ3) is 2.63. The molecule has 108 valence electrons. The Bertz CT molecular complexity index is 568. The summed E-state index contributed by atoms with van der Waals surface area (Å²) in [5.74, 6) is -0.0319. The summed E-state index contributed by atoms with van der Waals surface area (Å²) in [7, 11) is 0. The Labute approximate surface area is 111 Å². The fourth-order valence-electron chi connectivity index (χ4n) is 2.18. The molecule has 1 unspecified atom stereocenters. The first-order valence-corrected chi connectivity index (χ1v) is 6.23. The lowest BCUT2D eigenvalue weighted by Crippen LogP contribution is -2.34. The smallest absolute Gasteiger partial charge is 0.330 e. The summed E-state index contributed by atoms with van der Waals surface area (Å²) in [5, 5.41) is 18.7. The van der Waals surface area contributed by atoms with Gasteiger partial charge in [0, 0.05) is 19.6 Å². The Hall–Kier alpha value is -1.44. The van der Waals surface area contributed by atoms with Gasteiger partial charge in [-0.25, -0.2) is 4.79 Å². The normalized spacial score (nSPS) is 27.1. The Balaban J connectivity index is 0.00000200. The van der Waals surface area contributed by atoms with E-state index >= 15 is 0 Å². The Kier molecular flexibility index (Phi) is 3.88. The van der Waals surface area contributed by atoms with Gasteiger partial charge in [0.15, 0.2) is 0 Å². The summed E-state index contributed by atoms with van der Waals surface area (Å²) >= 11 is 0. The number of nitrogens with zero attached hydrogens (tertiary/aromatic N) is 1. The molecule has 1 saturated heterocycles. The lowest BCUT2D eigenvalue weighted by atomic mass is 10.1. The maximum atomic E-state index is 11.8. The molecule has 7 heteroatoms. The predicted molar refractivity (Wildman–Crippen MR) is 69.1 cm³/mol. The van der Waals surface area contributed by atoms with Crippen molar-refractivity contribution >= 4 is 0 Å². The maximum absolute atomic E-state index is 11.8. The molecule has 7 nitrogen and oxygen atoms in total. The highest BCUT2D eigenvalue weighted by molar-refractivity contribution is 5.09. The third-order valence-corrected chi connectivity index (χ3v) is 3.31. The SMILES string of the molecule is CC(C)c1cn([C@H]2CC(O)[C@@H](CO)O2)c(=O)[nH]c1=O.[HH]. The minimum Gasteiger partial charge on any atom is -0.394 e. The molecule has 1 aliphatic rings. The van der Waals surface area contributed by atoms with Crippen molar-refractivity contribution < 1.29 is 16.4 Å². The molecule has 3 N–H and O–H groups in total. The van der Waals surface area contributed by atoms with Crippen molar-refractivity contribution in [1.29, 1.82) is 0 Å². The summed E-state index contributed by atoms with van der Waals surface area (Å²) in [4.78, 5) is 25.7. The van der Waals surface area contributed by atoms with E-state index in [1.54, 1.807) is 0 Å². The molecule has 0 bridgehead atoms. The van der Waals surface area contributed by atoms with Crippen LogP contribution in [0.5, 0.6) is 0 Å². The van der Waals surface area contributed by atoms with Crippen LogP contribution in [0.25, 0.3) is 0 Å². The number of nitrogens with one attached hydrogen (secondary N) is 1. The summed E-state index contributed by atoms with van der Waals surface area (Å²) in [6, 6.07) is 0. The van der Waals surface area contributed by atoms with E-state index in [4.69, 9.17) is 9.84 Å². The second-order valence-electron chi connectivity index (χ2n) is 5.02. The molecule has 2 rings (SSSR count). The van der Waals surface area contributed by atoms with E-state index in [2.05, 4.69) is 4.98 Å². The van der Waals surface area contributed by atoms with E-state index in [0.717, 1.165) is 0 Å². The van der Waals surface area contributed by atoms with Gasteiger partial charge in [0.1, 0.15) is 12.3 Å². The highest BCUT2D eigenvalue weighted by Gasteiger charge is 2.35. The minimum atomic E-state index is -0.823. The highest BCUT2D eigenvalue weighted by Crippen LogP contribution is 2.27. The highest BCUT2D eigenvalue weighted by atomic mass is 16.5. The standard InChI is InChI=1S/C12H18N2O5.H2/c1-6(2)7-4-14(12(18)13-11(7)17)10-3-8(16)9(5-15)19-10;/h4,6,8-10,15-16H,3,5H2,1-2H3,(H,13,17,18);1H/t8?,9-,10-;/m1./s1. The lowest BCUT2D eigenvalue weighted by molar-refractivity contribution is -0.0460. The minimum absolute atomic E-state index is 0. The van der Waals surface area contributed by atoms with Crippen molar-refractivity contribution in [1.82, 2.24) is 9.55 Å². The van der Waals surface area contributed by atoms with Crippen LogP contribution in [0.2, 0.25) is 0 Å². The number of H-pyrrole nitrogens is 1. The number of aliphatic hydroxyl groups is 2. The molecular formula is C12H20N2O5. The molecular weight excluding hydrogens is 252 g/mol. The van der Waals surface area contributed by atoms with Crippen molar-refractivity contribution in [2.24, 2.45) is 0 Å². The van der Waals surface area contributed by atoms with Crippen molar-refractivity contribution in [2.75, 3.05) is 6.61 Å². The second kappa shape index (κ2) is 5.28. The number of aromatic nitrogens is 2. The zero-order valence-electron chi connectivity index (χ0n) is 10.9. The van der Waals surface area contributed by atoms with Crippen molar-refractivity contribution in [3.05, 3.63) is 32.6 Å². The first-order chi connectivity index (χ1) is 8.93. The van der Waals surface area contributed by atoms with Gasteiger partial charge in [0.2, 0.25) is 0 Å². The number of hydrogen-bond acceptors (Lipinski definition) is 5. The molecule has 0 spiro atoms. The van der Waals surface area contributed by atoms with Crippen LogP contribution in [-0.4, -0.2) is 38.6 Å². The lowest BCUT2D eigenvalue weighted by Gasteiger charge is -2.16. The summed E-state index contributed by atoms with van der Waals surface area (Å²) < 4.78 is 6.66. The van der Waals surface area contributed by atoms with Crippen LogP contribution in [0, 0.1) is 0 Å². The molecule has 0 aliphatic carbocycles. The van der Waals surface area contributed by atoms with Gasteiger partial charge in [0.05, 0.1) is 12.7 Å². The largest absolute Gasteiger partial charge is 0.394 e. The molecule has 1 aromatic rings. The Morgan fingerprint density at radius 2 is 2.26 bits per heavy atom. The summed E-state index contributed by atoms with van der Waals surface area (Å²) in [6.07, 6.45) is -0.533. The van der Waals surface area contributed by atoms with Gasteiger partial charge in [-0.3, -0.25) is 14.3 Å². The maximum Gasteiger partial charge on any atom is 0.330 e. The van der Waals surface area contributed by atoms with Crippen LogP contribution in [0.4, 0.5) is 0 Å². The predicted octanol–water partition coefficient (Wildman–Crippen LogP) is -0.453. The molecule has 1 fully saturated rings. The number of aromatic amines is 1. The fourth-order valence-corrected chi connectivity index (χ4v) is 2.18. The fraction of sp³-hybridized carbons (Fsp3) is 0.667. The average molecular weight is 272 g/mol. The van der Waals surface area contributed by atoms with Gasteiger partial charge >= 0.3 is 5.69 Å². The van der Waals surface area contributed by atoms with Crippen molar-refractivity contribution in [3.63, 3.8) is 0 Å². The molecule has 0 radical (unpaired) electrons. The van der Waals surface area contributed by atoms with Gasteiger partial charge in [-0.05, 0) is 5.92 Å². The zero-order chi connectivity index (χ0) is 14.2. The zero-order valence-corrected chi connectivity index (χ0v) is 10.9. The molecule has 19 heavy (non-hydrogen) atoms. The summed E-state index contributed by atoms with van der Waals surface area (Å²) in [5.41, 5.74) is -0.510. The van der Waals surface area contributed by atoms with Crippen molar-refractivity contribution in [2.45, 2.75) is 44.6 Å². The first kappa shape index (κ1) is 14.0. The number of ether oxygens (including phenoxy) is 1. The van der Waals surface area contributed by atoms with E-state index in [-0.39, 0.29) is 20.4 Å². The molecule has 0 saturated carbocycles. The monoisotopic (exact) mass is 272 g/mol. The van der Waals surface area contributed by atoms with Crippen molar-refractivity contribution in [3.8, 4) is 0 Å². The Morgan fingerprint density at radius 3 is 2.79 bits per heavy atom. The number of rotatable bonds is 3. The quantitative estimate of drug-likeness (QED) is 0.691. The van der Waals surface area contributed by atoms with Gasteiger partial charge in [-0.15, -0.1) is 0 Å². The van der Waals surface area contributed by atoms with Crippen LogP contribution in [0.15, 0.2) is 15.8 Å². The van der Waals surface area contributed by atoms with Gasteiger partial charge in [-0.1, -0.05) is 13.8 Å².